The van der Waals surface area contributed by atoms with E-state index in [2.05, 4.69) is 5.10 Å². The van der Waals surface area contributed by atoms with Crippen LogP contribution in [0.5, 0.6) is 5.75 Å². The molecule has 3 rings (SSSR count). The Hall–Kier alpha value is -3.35. The minimum absolute atomic E-state index is 0.0297. The second-order valence-electron chi connectivity index (χ2n) is 5.75. The Balaban J connectivity index is 2.04. The van der Waals surface area contributed by atoms with Gasteiger partial charge in [0.2, 0.25) is 0 Å². The fraction of sp³-hybridized carbons (Fsp3) is 0.211. The first-order chi connectivity index (χ1) is 12.6. The molecule has 0 unspecified atom stereocenters. The minimum Gasteiger partial charge on any atom is -0.497 e. The number of carboxylic acid groups (broad SMARTS) is 1. The Morgan fingerprint density at radius 2 is 2.04 bits per heavy atom. The van der Waals surface area contributed by atoms with Crippen LogP contribution in [-0.2, 0) is 11.3 Å². The highest BCUT2D eigenvalue weighted by molar-refractivity contribution is 5.69. The molecule has 0 aliphatic carbocycles. The van der Waals surface area contributed by atoms with Gasteiger partial charge in [-0.2, -0.15) is 5.10 Å². The summed E-state index contributed by atoms with van der Waals surface area (Å²) in [5.74, 6) is -0.128. The number of carbonyl (C=O) groups is 1. The Bertz CT molecular complexity index is 944. The van der Waals surface area contributed by atoms with Crippen LogP contribution >= 0.6 is 0 Å². The summed E-state index contributed by atoms with van der Waals surface area (Å²) in [6, 6.07) is 11.1. The molecule has 0 aliphatic heterocycles. The number of hydrogen-bond acceptors (Lipinski definition) is 5. The summed E-state index contributed by atoms with van der Waals surface area (Å²) < 4.78 is 11.9. The summed E-state index contributed by atoms with van der Waals surface area (Å²) in [7, 11) is 1.60. The van der Waals surface area contributed by atoms with Crippen LogP contribution in [0.4, 0.5) is 0 Å². The lowest BCUT2D eigenvalue weighted by Crippen LogP contribution is -2.25. The lowest BCUT2D eigenvalue weighted by Gasteiger charge is -2.12. The van der Waals surface area contributed by atoms with Crippen LogP contribution in [0, 0.1) is 5.41 Å². The van der Waals surface area contributed by atoms with Crippen LogP contribution in [0.2, 0.25) is 0 Å². The number of carboxylic acids is 1. The van der Waals surface area contributed by atoms with Gasteiger partial charge in [-0.1, -0.05) is 12.1 Å². The Morgan fingerprint density at radius 3 is 2.65 bits per heavy atom. The molecule has 2 N–H and O–H groups in total. The van der Waals surface area contributed by atoms with Gasteiger partial charge in [0.25, 0.3) is 0 Å². The van der Waals surface area contributed by atoms with E-state index in [4.69, 9.17) is 19.7 Å². The maximum absolute atomic E-state index is 10.8. The number of aliphatic carboxylic acids is 1. The first kappa shape index (κ1) is 17.5. The normalized spacial score (nSPS) is 10.7. The Labute approximate surface area is 150 Å². The molecule has 0 radical (unpaired) electrons. The zero-order valence-corrected chi connectivity index (χ0v) is 14.3. The predicted molar refractivity (Wildman–Crippen MR) is 94.6 cm³/mol. The second-order valence-corrected chi connectivity index (χ2v) is 5.75. The largest absolute Gasteiger partial charge is 0.497 e. The van der Waals surface area contributed by atoms with Crippen molar-refractivity contribution in [2.75, 3.05) is 7.11 Å². The molecule has 0 spiro atoms. The third kappa shape index (κ3) is 3.83. The van der Waals surface area contributed by atoms with E-state index in [9.17, 15) is 4.79 Å². The Kier molecular flexibility index (Phi) is 5.17. The number of ether oxygens (including phenoxy) is 1. The van der Waals surface area contributed by atoms with Gasteiger partial charge in [0.05, 0.1) is 25.3 Å². The number of benzene rings is 1. The molecule has 3 aromatic rings. The molecule has 0 fully saturated rings. The van der Waals surface area contributed by atoms with Crippen LogP contribution in [0.1, 0.15) is 12.8 Å². The average molecular weight is 353 g/mol. The zero-order chi connectivity index (χ0) is 18.5. The van der Waals surface area contributed by atoms with Gasteiger partial charge in [-0.25, -0.2) is 4.68 Å². The van der Waals surface area contributed by atoms with E-state index in [0.29, 0.717) is 24.2 Å². The van der Waals surface area contributed by atoms with Gasteiger partial charge in [0.1, 0.15) is 11.2 Å². The minimum atomic E-state index is -0.863. The van der Waals surface area contributed by atoms with Crippen molar-refractivity contribution >= 4 is 5.97 Å². The average Bonchev–Trinajstić information content (AvgIpc) is 3.18. The second kappa shape index (κ2) is 7.69. The van der Waals surface area contributed by atoms with E-state index in [1.807, 2.05) is 30.3 Å². The summed E-state index contributed by atoms with van der Waals surface area (Å²) in [6.07, 6.45) is 3.58. The van der Waals surface area contributed by atoms with Gasteiger partial charge in [0, 0.05) is 24.1 Å². The Morgan fingerprint density at radius 1 is 1.27 bits per heavy atom. The summed E-state index contributed by atoms with van der Waals surface area (Å²) >= 11 is 0. The molecule has 7 heteroatoms. The molecule has 2 heterocycles. The molecule has 0 saturated carbocycles. The van der Waals surface area contributed by atoms with Crippen molar-refractivity contribution in [2.45, 2.75) is 19.4 Å². The van der Waals surface area contributed by atoms with Crippen LogP contribution in [0.25, 0.3) is 22.4 Å². The molecule has 2 aromatic heterocycles. The molecule has 0 amide bonds. The highest BCUT2D eigenvalue weighted by Gasteiger charge is 2.11. The lowest BCUT2D eigenvalue weighted by molar-refractivity contribution is -0.137. The fourth-order valence-corrected chi connectivity index (χ4v) is 2.64. The van der Waals surface area contributed by atoms with E-state index in [1.54, 1.807) is 25.7 Å². The molecule has 134 valence electrons. The van der Waals surface area contributed by atoms with Gasteiger partial charge in [-0.15, -0.1) is 0 Å². The monoisotopic (exact) mass is 353 g/mol. The fourth-order valence-electron chi connectivity index (χ4n) is 2.64. The molecule has 0 aliphatic rings. The van der Waals surface area contributed by atoms with E-state index in [1.165, 1.54) is 4.68 Å². The zero-order valence-electron chi connectivity index (χ0n) is 14.3. The van der Waals surface area contributed by atoms with Crippen LogP contribution < -0.4 is 10.2 Å². The molecule has 0 atom stereocenters. The lowest BCUT2D eigenvalue weighted by atomic mass is 10.1. The number of hydrogen-bond donors (Lipinski definition) is 2. The van der Waals surface area contributed by atoms with Crippen molar-refractivity contribution in [2.24, 2.45) is 0 Å². The first-order valence-corrected chi connectivity index (χ1v) is 8.14. The SMILES string of the molecule is COc1ccc(-c2cc(-c3ccoc3)nn(CCCC(=O)O)c2=N)cc1. The number of methoxy groups -OCH3 is 1. The third-order valence-electron chi connectivity index (χ3n) is 4.00. The highest BCUT2D eigenvalue weighted by Crippen LogP contribution is 2.24. The van der Waals surface area contributed by atoms with E-state index in [-0.39, 0.29) is 11.9 Å². The number of furan rings is 1. The molecule has 0 saturated heterocycles. The standard InChI is InChI=1S/C19H19N3O4/c1-25-15-6-4-13(5-7-15)16-11-17(14-8-10-26-12-14)21-22(19(16)20)9-2-3-18(23)24/h4-8,10-12,20H,2-3,9H2,1H3,(H,23,24). The third-order valence-corrected chi connectivity index (χ3v) is 4.00. The van der Waals surface area contributed by atoms with Gasteiger partial charge in [0.15, 0.2) is 0 Å². The van der Waals surface area contributed by atoms with Crippen LogP contribution in [0.3, 0.4) is 0 Å². The first-order valence-electron chi connectivity index (χ1n) is 8.14. The molecule has 7 nitrogen and oxygen atoms in total. The summed E-state index contributed by atoms with van der Waals surface area (Å²) in [5, 5.41) is 21.8. The van der Waals surface area contributed by atoms with Crippen molar-refractivity contribution < 1.29 is 19.1 Å². The number of nitrogens with zero attached hydrogens (tertiary/aromatic N) is 2. The van der Waals surface area contributed by atoms with Crippen molar-refractivity contribution in [3.8, 4) is 28.1 Å². The number of nitrogens with one attached hydrogen (secondary N) is 1. The molecular formula is C19H19N3O4. The van der Waals surface area contributed by atoms with Crippen molar-refractivity contribution in [3.05, 3.63) is 54.4 Å². The molecular weight excluding hydrogens is 334 g/mol. The maximum atomic E-state index is 10.8. The predicted octanol–water partition coefficient (Wildman–Crippen LogP) is 3.16. The van der Waals surface area contributed by atoms with Crippen molar-refractivity contribution in [3.63, 3.8) is 0 Å². The van der Waals surface area contributed by atoms with Gasteiger partial charge in [-0.3, -0.25) is 10.2 Å². The smallest absolute Gasteiger partial charge is 0.303 e. The van der Waals surface area contributed by atoms with Gasteiger partial charge >= 0.3 is 5.97 Å². The molecule has 26 heavy (non-hydrogen) atoms. The highest BCUT2D eigenvalue weighted by atomic mass is 16.5. The quantitative estimate of drug-likeness (QED) is 0.679. The summed E-state index contributed by atoms with van der Waals surface area (Å²) in [6.45, 7) is 0.347. The number of rotatable bonds is 7. The number of aromatic nitrogens is 2. The molecule has 0 bridgehead atoms. The van der Waals surface area contributed by atoms with Gasteiger partial charge in [-0.05, 0) is 36.2 Å². The summed E-state index contributed by atoms with van der Waals surface area (Å²) in [4.78, 5) is 10.8. The van der Waals surface area contributed by atoms with Crippen LogP contribution in [0.15, 0.2) is 53.3 Å². The molecule has 1 aromatic carbocycles. The topological polar surface area (TPSA) is 101 Å². The van der Waals surface area contributed by atoms with E-state index >= 15 is 0 Å². The van der Waals surface area contributed by atoms with E-state index < -0.39 is 5.97 Å². The van der Waals surface area contributed by atoms with Crippen LogP contribution in [-0.4, -0.2) is 28.0 Å². The van der Waals surface area contributed by atoms with E-state index in [0.717, 1.165) is 16.9 Å². The van der Waals surface area contributed by atoms with Crippen molar-refractivity contribution in [1.29, 1.82) is 5.41 Å². The maximum Gasteiger partial charge on any atom is 0.303 e. The summed E-state index contributed by atoms with van der Waals surface area (Å²) in [5.41, 5.74) is 3.25. The number of aryl methyl sites for hydroxylation is 1. The van der Waals surface area contributed by atoms with Gasteiger partial charge < -0.3 is 14.3 Å². The van der Waals surface area contributed by atoms with Crippen molar-refractivity contribution in [1.82, 2.24) is 9.78 Å².